The second kappa shape index (κ2) is 10.6. The highest BCUT2D eigenvalue weighted by atomic mass is 19.1. The smallest absolute Gasteiger partial charge is 0.354 e. The number of aromatic nitrogens is 3. The van der Waals surface area contributed by atoms with Gasteiger partial charge in [-0.25, -0.2) is 13.6 Å². The fourth-order valence-electron chi connectivity index (χ4n) is 6.38. The molecule has 3 N–H and O–H groups in total. The van der Waals surface area contributed by atoms with Gasteiger partial charge < -0.3 is 25.3 Å². The van der Waals surface area contributed by atoms with E-state index < -0.39 is 46.0 Å². The minimum Gasteiger partial charge on any atom is -0.507 e. The molecule has 0 spiro atoms. The van der Waals surface area contributed by atoms with Gasteiger partial charge in [0.1, 0.15) is 22.8 Å². The van der Waals surface area contributed by atoms with Gasteiger partial charge in [0, 0.05) is 31.9 Å². The quantitative estimate of drug-likeness (QED) is 0.290. The molecule has 4 aromatic rings. The van der Waals surface area contributed by atoms with Crippen molar-refractivity contribution in [2.75, 3.05) is 29.9 Å². The van der Waals surface area contributed by atoms with Crippen LogP contribution in [0.25, 0.3) is 27.7 Å². The fraction of sp³-hybridized carbons (Fsp3) is 0.312. The Morgan fingerprint density at radius 1 is 1.14 bits per heavy atom. The molecule has 2 atom stereocenters. The highest BCUT2D eigenvalue weighted by Gasteiger charge is 2.40. The Bertz CT molecular complexity index is 1900. The average molecular weight is 603 g/mol. The standard InChI is InChI=1S/C32H32F2N6O4/c1-6-21(43)38-14-18-12-36-28-24-30(26(34)23(25(28)33)22-19(41)8-7-9-20(22)42)40(29-16(4)10-11-35-27(29)15(2)3)32(44)37-31(24)39(18)13-17(38)5/h6-11,15,17-18,36,41-42H,1,12-14H2,2-5H3. The molecule has 2 aromatic heterocycles. The summed E-state index contributed by atoms with van der Waals surface area (Å²) in [6, 6.07) is 4.68. The lowest BCUT2D eigenvalue weighted by molar-refractivity contribution is -0.128. The van der Waals surface area contributed by atoms with E-state index in [1.165, 1.54) is 24.3 Å². The summed E-state index contributed by atoms with van der Waals surface area (Å²) in [5, 5.41) is 24.5. The molecule has 2 aromatic carbocycles. The Balaban J connectivity index is 1.77. The average Bonchev–Trinajstić information content (AvgIpc) is 3.13. The van der Waals surface area contributed by atoms with E-state index in [1.54, 1.807) is 24.1 Å². The van der Waals surface area contributed by atoms with Crippen molar-refractivity contribution in [2.24, 2.45) is 0 Å². The third-order valence-electron chi connectivity index (χ3n) is 8.47. The summed E-state index contributed by atoms with van der Waals surface area (Å²) in [4.78, 5) is 39.1. The van der Waals surface area contributed by atoms with Crippen molar-refractivity contribution in [3.63, 3.8) is 0 Å². The highest BCUT2D eigenvalue weighted by molar-refractivity contribution is 6.06. The van der Waals surface area contributed by atoms with Crippen molar-refractivity contribution in [1.29, 1.82) is 0 Å². The molecule has 44 heavy (non-hydrogen) atoms. The predicted molar refractivity (Wildman–Crippen MR) is 164 cm³/mol. The number of anilines is 2. The van der Waals surface area contributed by atoms with E-state index in [1.807, 2.05) is 25.7 Å². The Labute approximate surface area is 251 Å². The molecule has 4 heterocycles. The molecule has 1 amide bonds. The summed E-state index contributed by atoms with van der Waals surface area (Å²) in [6.07, 6.45) is 2.83. The number of pyridine rings is 1. The number of benzene rings is 2. The first-order chi connectivity index (χ1) is 21.0. The van der Waals surface area contributed by atoms with Crippen LogP contribution < -0.4 is 15.9 Å². The minimum absolute atomic E-state index is 0.0226. The molecule has 1 saturated heterocycles. The second-order valence-electron chi connectivity index (χ2n) is 11.6. The molecule has 2 aliphatic heterocycles. The molecule has 10 nitrogen and oxygen atoms in total. The largest absolute Gasteiger partial charge is 0.507 e. The lowest BCUT2D eigenvalue weighted by Crippen LogP contribution is -2.60. The van der Waals surface area contributed by atoms with E-state index in [0.717, 1.165) is 4.57 Å². The van der Waals surface area contributed by atoms with Gasteiger partial charge in [0.2, 0.25) is 5.91 Å². The van der Waals surface area contributed by atoms with Crippen LogP contribution in [0.5, 0.6) is 11.5 Å². The first kappa shape index (κ1) is 29.1. The molecular formula is C32H32F2N6O4. The van der Waals surface area contributed by atoms with Gasteiger partial charge in [0.15, 0.2) is 11.6 Å². The molecule has 0 bridgehead atoms. The van der Waals surface area contributed by atoms with Crippen molar-refractivity contribution in [2.45, 2.75) is 45.7 Å². The first-order valence-electron chi connectivity index (χ1n) is 14.3. The molecule has 1 fully saturated rings. The lowest BCUT2D eigenvalue weighted by atomic mass is 9.97. The number of rotatable bonds is 4. The maximum absolute atomic E-state index is 17.2. The maximum atomic E-state index is 17.2. The van der Waals surface area contributed by atoms with Gasteiger partial charge in [-0.3, -0.25) is 14.3 Å². The normalized spacial score (nSPS) is 17.8. The number of aryl methyl sites for hydroxylation is 1. The SMILES string of the molecule is C=CC(=O)N1CC2CNc3c(F)c(-c4c(O)cccc4O)c(F)c4c3c(nc(=O)n4-c3c(C)ccnc3C(C)C)N2CC1C. The van der Waals surface area contributed by atoms with E-state index in [4.69, 9.17) is 0 Å². The zero-order valence-electron chi connectivity index (χ0n) is 24.7. The number of halogens is 2. The van der Waals surface area contributed by atoms with Crippen LogP contribution in [0.15, 0.2) is 47.9 Å². The Morgan fingerprint density at radius 3 is 2.50 bits per heavy atom. The third kappa shape index (κ3) is 4.27. The summed E-state index contributed by atoms with van der Waals surface area (Å²) in [6.45, 7) is 11.5. The van der Waals surface area contributed by atoms with Crippen LogP contribution in [0.3, 0.4) is 0 Å². The third-order valence-corrected chi connectivity index (χ3v) is 8.47. The van der Waals surface area contributed by atoms with E-state index in [0.29, 0.717) is 16.9 Å². The van der Waals surface area contributed by atoms with Crippen molar-refractivity contribution in [3.05, 3.63) is 76.5 Å². The molecule has 0 saturated carbocycles. The number of aromatic hydroxyl groups is 2. The van der Waals surface area contributed by atoms with Crippen molar-refractivity contribution < 1.29 is 23.8 Å². The monoisotopic (exact) mass is 602 g/mol. The number of fused-ring (bicyclic) bond motifs is 2. The van der Waals surface area contributed by atoms with E-state index in [2.05, 4.69) is 21.9 Å². The van der Waals surface area contributed by atoms with Crippen LogP contribution in [0, 0.1) is 18.6 Å². The van der Waals surface area contributed by atoms with Gasteiger partial charge in [-0.05, 0) is 49.6 Å². The summed E-state index contributed by atoms with van der Waals surface area (Å²) in [7, 11) is 0. The number of phenols is 2. The van der Waals surface area contributed by atoms with E-state index in [-0.39, 0.29) is 59.9 Å². The number of carbonyl (C=O) groups excluding carboxylic acids is 1. The molecule has 12 heteroatoms. The number of amides is 1. The van der Waals surface area contributed by atoms with Crippen LogP contribution in [0.4, 0.5) is 20.3 Å². The molecule has 6 rings (SSSR count). The van der Waals surface area contributed by atoms with Crippen LogP contribution in [-0.4, -0.2) is 67.3 Å². The fourth-order valence-corrected chi connectivity index (χ4v) is 6.38. The van der Waals surface area contributed by atoms with Gasteiger partial charge in [-0.15, -0.1) is 0 Å². The molecule has 2 unspecified atom stereocenters. The second-order valence-corrected chi connectivity index (χ2v) is 11.6. The van der Waals surface area contributed by atoms with Gasteiger partial charge in [0.25, 0.3) is 0 Å². The lowest BCUT2D eigenvalue weighted by Gasteiger charge is -2.45. The first-order valence-corrected chi connectivity index (χ1v) is 14.3. The summed E-state index contributed by atoms with van der Waals surface area (Å²) < 4.78 is 35.0. The number of hydrogen-bond donors (Lipinski definition) is 3. The number of carbonyl (C=O) groups is 1. The van der Waals surface area contributed by atoms with Gasteiger partial charge in [0.05, 0.1) is 39.6 Å². The zero-order valence-corrected chi connectivity index (χ0v) is 24.7. The van der Waals surface area contributed by atoms with Crippen molar-refractivity contribution in [3.8, 4) is 28.3 Å². The number of phenolic OH excluding ortho intramolecular Hbond substituents is 2. The topological polar surface area (TPSA) is 124 Å². The summed E-state index contributed by atoms with van der Waals surface area (Å²) >= 11 is 0. The number of hydrogen-bond acceptors (Lipinski definition) is 8. The highest BCUT2D eigenvalue weighted by Crippen LogP contribution is 2.48. The zero-order chi connectivity index (χ0) is 31.6. The molecule has 0 aliphatic carbocycles. The number of nitrogens with zero attached hydrogens (tertiary/aromatic N) is 5. The number of nitrogens with one attached hydrogen (secondary N) is 1. The summed E-state index contributed by atoms with van der Waals surface area (Å²) in [5.74, 6) is -3.69. The Hall–Kier alpha value is -5.00. The molecule has 0 radical (unpaired) electrons. The van der Waals surface area contributed by atoms with Crippen molar-refractivity contribution >= 4 is 28.3 Å². The van der Waals surface area contributed by atoms with E-state index in [9.17, 15) is 19.8 Å². The predicted octanol–water partition coefficient (Wildman–Crippen LogP) is 4.59. The van der Waals surface area contributed by atoms with Gasteiger partial charge >= 0.3 is 5.69 Å². The van der Waals surface area contributed by atoms with Crippen LogP contribution >= 0.6 is 0 Å². The minimum atomic E-state index is -1.16. The molecule has 2 aliphatic rings. The molecular weight excluding hydrogens is 570 g/mol. The Morgan fingerprint density at radius 2 is 1.84 bits per heavy atom. The van der Waals surface area contributed by atoms with E-state index >= 15 is 8.78 Å². The molecule has 228 valence electrons. The van der Waals surface area contributed by atoms with Crippen molar-refractivity contribution in [1.82, 2.24) is 19.4 Å². The van der Waals surface area contributed by atoms with Crippen LogP contribution in [-0.2, 0) is 4.79 Å². The van der Waals surface area contributed by atoms with Crippen LogP contribution in [0.1, 0.15) is 37.9 Å². The van der Waals surface area contributed by atoms with Crippen LogP contribution in [0.2, 0.25) is 0 Å². The maximum Gasteiger partial charge on any atom is 0.354 e. The summed E-state index contributed by atoms with van der Waals surface area (Å²) in [5.41, 5.74) is -0.964. The van der Waals surface area contributed by atoms with Gasteiger partial charge in [-0.1, -0.05) is 26.5 Å². The number of piperazine rings is 1. The van der Waals surface area contributed by atoms with Gasteiger partial charge in [-0.2, -0.15) is 4.98 Å². The Kier molecular flexibility index (Phi) is 7.02.